The Kier molecular flexibility index (Phi) is 4.97. The van der Waals surface area contributed by atoms with Crippen molar-refractivity contribution in [2.24, 2.45) is 0 Å². The van der Waals surface area contributed by atoms with Crippen LogP contribution in [-0.2, 0) is 4.79 Å². The van der Waals surface area contributed by atoms with Crippen molar-refractivity contribution in [1.29, 1.82) is 0 Å². The molecule has 0 bridgehead atoms. The average Bonchev–Trinajstić information content (AvgIpc) is 2.25. The van der Waals surface area contributed by atoms with Gasteiger partial charge in [0.15, 0.2) is 10.9 Å². The maximum absolute atomic E-state index is 11.1. The number of hydrogen-bond donors (Lipinski definition) is 1. The van der Waals surface area contributed by atoms with Crippen molar-refractivity contribution >= 4 is 34.4 Å². The second kappa shape index (κ2) is 6.25. The smallest absolute Gasteiger partial charge is 0.186 e. The lowest BCUT2D eigenvalue weighted by atomic mass is 10.1. The fourth-order valence-corrected chi connectivity index (χ4v) is 1.71. The van der Waals surface area contributed by atoms with Crippen molar-refractivity contribution in [2.45, 2.75) is 13.8 Å². The van der Waals surface area contributed by atoms with Crippen molar-refractivity contribution in [1.82, 2.24) is 0 Å². The molecule has 0 aromatic heterocycles. The summed E-state index contributed by atoms with van der Waals surface area (Å²) in [7, 11) is 0. The van der Waals surface area contributed by atoms with Gasteiger partial charge in [0.05, 0.1) is 0 Å². The number of nitrogens with two attached hydrogens (primary N) is 1. The fraction of sp³-hybridized carbons (Fsp3) is 0.231. The summed E-state index contributed by atoms with van der Waals surface area (Å²) >= 11 is 1.24. The van der Waals surface area contributed by atoms with E-state index in [-0.39, 0.29) is 10.9 Å². The minimum absolute atomic E-state index is 0.000588. The zero-order valence-electron chi connectivity index (χ0n) is 9.90. The molecule has 4 heteroatoms. The van der Waals surface area contributed by atoms with Crippen molar-refractivity contribution in [3.8, 4) is 0 Å². The first kappa shape index (κ1) is 13.5. The molecule has 0 aliphatic carbocycles. The highest BCUT2D eigenvalue weighted by Gasteiger charge is 2.01. The van der Waals surface area contributed by atoms with Crippen LogP contribution in [0.25, 0.3) is 6.08 Å². The van der Waals surface area contributed by atoms with Gasteiger partial charge in [-0.2, -0.15) is 0 Å². The molecule has 0 spiro atoms. The Labute approximate surface area is 105 Å². The Hall–Kier alpha value is -1.55. The van der Waals surface area contributed by atoms with E-state index in [1.807, 2.05) is 12.2 Å². The van der Waals surface area contributed by atoms with Crippen LogP contribution in [0.1, 0.15) is 29.8 Å². The molecule has 1 rings (SSSR count). The molecule has 0 aliphatic heterocycles. The van der Waals surface area contributed by atoms with E-state index in [0.717, 1.165) is 5.56 Å². The molecule has 0 aliphatic rings. The molecule has 0 radical (unpaired) electrons. The normalized spacial score (nSPS) is 10.7. The molecule has 2 N–H and O–H groups in total. The summed E-state index contributed by atoms with van der Waals surface area (Å²) in [4.78, 5) is 21.8. The van der Waals surface area contributed by atoms with Gasteiger partial charge in [-0.25, -0.2) is 0 Å². The Morgan fingerprint density at radius 3 is 2.59 bits per heavy atom. The fourth-order valence-electron chi connectivity index (χ4n) is 1.29. The van der Waals surface area contributed by atoms with Gasteiger partial charge in [-0.15, -0.1) is 0 Å². The molecular formula is C13H15NO2S. The summed E-state index contributed by atoms with van der Waals surface area (Å²) < 4.78 is 0. The quantitative estimate of drug-likeness (QED) is 0.658. The number of Topliss-reactive ketones (excluding diaryl/α,β-unsaturated/α-hetero) is 1. The van der Waals surface area contributed by atoms with E-state index in [4.69, 9.17) is 5.73 Å². The molecule has 3 nitrogen and oxygen atoms in total. The van der Waals surface area contributed by atoms with Crippen LogP contribution in [0.4, 0.5) is 5.69 Å². The SMILES string of the molecule is CC(=O)SCC=Cc1ccc(C(C)=O)cc1N. The van der Waals surface area contributed by atoms with Crippen LogP contribution in [-0.4, -0.2) is 16.7 Å². The van der Waals surface area contributed by atoms with Gasteiger partial charge in [0.2, 0.25) is 0 Å². The summed E-state index contributed by atoms with van der Waals surface area (Å²) in [6, 6.07) is 5.22. The minimum Gasteiger partial charge on any atom is -0.398 e. The summed E-state index contributed by atoms with van der Waals surface area (Å²) in [6.07, 6.45) is 3.74. The molecule has 0 saturated carbocycles. The first-order chi connectivity index (χ1) is 8.00. The van der Waals surface area contributed by atoms with Gasteiger partial charge in [-0.3, -0.25) is 9.59 Å². The molecule has 0 saturated heterocycles. The van der Waals surface area contributed by atoms with E-state index in [2.05, 4.69) is 0 Å². The number of benzene rings is 1. The van der Waals surface area contributed by atoms with E-state index in [1.165, 1.54) is 25.6 Å². The average molecular weight is 249 g/mol. The number of ketones is 1. The lowest BCUT2D eigenvalue weighted by Crippen LogP contribution is -1.96. The monoisotopic (exact) mass is 249 g/mol. The molecule has 0 unspecified atom stereocenters. The lowest BCUT2D eigenvalue weighted by molar-refractivity contribution is -0.109. The third-order valence-electron chi connectivity index (χ3n) is 2.17. The molecule has 1 aromatic carbocycles. The molecule has 0 fully saturated rings. The highest BCUT2D eigenvalue weighted by molar-refractivity contribution is 8.13. The number of rotatable bonds is 4. The summed E-state index contributed by atoms with van der Waals surface area (Å²) in [5.74, 6) is 0.628. The second-order valence-electron chi connectivity index (χ2n) is 3.60. The van der Waals surface area contributed by atoms with Crippen molar-refractivity contribution in [2.75, 3.05) is 11.5 Å². The Balaban J connectivity index is 2.72. The highest BCUT2D eigenvalue weighted by atomic mass is 32.2. The van der Waals surface area contributed by atoms with Crippen LogP contribution in [0.2, 0.25) is 0 Å². The number of nitrogen functional groups attached to an aromatic ring is 1. The van der Waals surface area contributed by atoms with Gasteiger partial charge in [0, 0.05) is 23.9 Å². The molecule has 0 amide bonds. The van der Waals surface area contributed by atoms with E-state index < -0.39 is 0 Å². The lowest BCUT2D eigenvalue weighted by Gasteiger charge is -2.02. The van der Waals surface area contributed by atoms with Crippen LogP contribution >= 0.6 is 11.8 Å². The minimum atomic E-state index is -0.000588. The first-order valence-corrected chi connectivity index (χ1v) is 6.19. The summed E-state index contributed by atoms with van der Waals surface area (Å²) in [5, 5.41) is 0.0922. The van der Waals surface area contributed by atoms with Gasteiger partial charge in [-0.05, 0) is 18.6 Å². The molecule has 1 aromatic rings. The first-order valence-electron chi connectivity index (χ1n) is 5.21. The zero-order valence-corrected chi connectivity index (χ0v) is 10.7. The summed E-state index contributed by atoms with van der Waals surface area (Å²) in [5.41, 5.74) is 7.86. The predicted molar refractivity (Wildman–Crippen MR) is 73.0 cm³/mol. The number of carbonyl (C=O) groups excluding carboxylic acids is 2. The maximum atomic E-state index is 11.1. The molecule has 90 valence electrons. The van der Waals surface area contributed by atoms with Crippen molar-refractivity contribution in [3.63, 3.8) is 0 Å². The molecule has 0 heterocycles. The topological polar surface area (TPSA) is 60.2 Å². The second-order valence-corrected chi connectivity index (χ2v) is 4.80. The van der Waals surface area contributed by atoms with Gasteiger partial charge < -0.3 is 5.73 Å². The van der Waals surface area contributed by atoms with Gasteiger partial charge >= 0.3 is 0 Å². The Morgan fingerprint density at radius 2 is 2.06 bits per heavy atom. The van der Waals surface area contributed by atoms with Gasteiger partial charge in [-0.1, -0.05) is 36.0 Å². The number of thioether (sulfide) groups is 1. The van der Waals surface area contributed by atoms with Crippen LogP contribution in [0.3, 0.4) is 0 Å². The highest BCUT2D eigenvalue weighted by Crippen LogP contribution is 2.16. The van der Waals surface area contributed by atoms with Crippen molar-refractivity contribution in [3.05, 3.63) is 35.4 Å². The van der Waals surface area contributed by atoms with E-state index >= 15 is 0 Å². The third kappa shape index (κ3) is 4.44. The largest absolute Gasteiger partial charge is 0.398 e. The zero-order chi connectivity index (χ0) is 12.8. The van der Waals surface area contributed by atoms with Crippen LogP contribution in [0.15, 0.2) is 24.3 Å². The van der Waals surface area contributed by atoms with Crippen LogP contribution in [0, 0.1) is 0 Å². The number of anilines is 1. The Morgan fingerprint density at radius 1 is 1.35 bits per heavy atom. The molecule has 0 atom stereocenters. The standard InChI is InChI=1S/C13H15NO2S/c1-9(15)12-6-5-11(13(14)8-12)4-3-7-17-10(2)16/h3-6,8H,7,14H2,1-2H3. The number of carbonyl (C=O) groups is 2. The van der Waals surface area contributed by atoms with Crippen LogP contribution in [0.5, 0.6) is 0 Å². The van der Waals surface area contributed by atoms with Gasteiger partial charge in [0.1, 0.15) is 0 Å². The van der Waals surface area contributed by atoms with Crippen LogP contribution < -0.4 is 5.73 Å². The van der Waals surface area contributed by atoms with E-state index in [0.29, 0.717) is 17.0 Å². The molecular weight excluding hydrogens is 234 g/mol. The maximum Gasteiger partial charge on any atom is 0.186 e. The van der Waals surface area contributed by atoms with Crippen molar-refractivity contribution < 1.29 is 9.59 Å². The summed E-state index contributed by atoms with van der Waals surface area (Å²) in [6.45, 7) is 3.04. The third-order valence-corrected chi connectivity index (χ3v) is 2.94. The predicted octanol–water partition coefficient (Wildman–Crippen LogP) is 2.76. The Bertz CT molecular complexity index is 466. The number of hydrogen-bond acceptors (Lipinski definition) is 4. The van der Waals surface area contributed by atoms with E-state index in [9.17, 15) is 9.59 Å². The van der Waals surface area contributed by atoms with E-state index in [1.54, 1.807) is 18.2 Å². The van der Waals surface area contributed by atoms with Gasteiger partial charge in [0.25, 0.3) is 0 Å². The molecule has 17 heavy (non-hydrogen) atoms.